The van der Waals surface area contributed by atoms with Crippen LogP contribution in [0.25, 0.3) is 0 Å². The Kier molecular flexibility index (Phi) is 6.63. The van der Waals surface area contributed by atoms with E-state index in [1.807, 2.05) is 0 Å². The summed E-state index contributed by atoms with van der Waals surface area (Å²) in [6.45, 7) is 1.36. The highest BCUT2D eigenvalue weighted by Gasteiger charge is 2.18. The van der Waals surface area contributed by atoms with Crippen molar-refractivity contribution < 1.29 is 29.1 Å². The van der Waals surface area contributed by atoms with Crippen LogP contribution < -0.4 is 14.9 Å². The van der Waals surface area contributed by atoms with Gasteiger partial charge in [-0.15, -0.1) is 0 Å². The molecule has 28 heavy (non-hydrogen) atoms. The van der Waals surface area contributed by atoms with Crippen LogP contribution in [-0.4, -0.2) is 41.3 Å². The van der Waals surface area contributed by atoms with Gasteiger partial charge < -0.3 is 14.6 Å². The van der Waals surface area contributed by atoms with Crippen molar-refractivity contribution in [2.45, 2.75) is 13.0 Å². The van der Waals surface area contributed by atoms with Crippen molar-refractivity contribution in [1.29, 1.82) is 0 Å². The van der Waals surface area contributed by atoms with E-state index in [2.05, 4.69) is 10.5 Å². The predicted octanol–water partition coefficient (Wildman–Crippen LogP) is 2.22. The molecule has 2 N–H and O–H groups in total. The molecule has 0 aliphatic carbocycles. The molecule has 0 heterocycles. The first-order chi connectivity index (χ1) is 13.3. The number of nitrogens with one attached hydrogen (secondary N) is 1. The first-order valence-corrected chi connectivity index (χ1v) is 7.97. The Morgan fingerprint density at radius 1 is 1.29 bits per heavy atom. The number of para-hydroxylation sites is 1. The van der Waals surface area contributed by atoms with E-state index >= 15 is 0 Å². The minimum absolute atomic E-state index is 0.0629. The SMILES string of the molecule is COc1cccc(/C=N\NC(=O)c2cccc([N+](=O)[O-])c2)c1O[C@H](C)C(=O)O. The lowest BCUT2D eigenvalue weighted by Crippen LogP contribution is -2.24. The Balaban J connectivity index is 2.19. The van der Waals surface area contributed by atoms with Gasteiger partial charge in [0, 0.05) is 23.3 Å². The minimum atomic E-state index is -1.16. The first-order valence-electron chi connectivity index (χ1n) is 7.97. The van der Waals surface area contributed by atoms with E-state index in [0.29, 0.717) is 11.3 Å². The number of nitrogens with zero attached hydrogens (tertiary/aromatic N) is 2. The molecule has 2 aromatic rings. The molecule has 0 aliphatic rings. The molecule has 0 spiro atoms. The smallest absolute Gasteiger partial charge is 0.344 e. The second-order valence-corrected chi connectivity index (χ2v) is 5.48. The van der Waals surface area contributed by atoms with E-state index in [9.17, 15) is 19.7 Å². The van der Waals surface area contributed by atoms with Gasteiger partial charge in [-0.2, -0.15) is 5.10 Å². The van der Waals surface area contributed by atoms with Crippen molar-refractivity contribution in [2.75, 3.05) is 7.11 Å². The standard InChI is InChI=1S/C18H17N3O7/c1-11(18(23)24)28-16-13(6-4-8-15(16)27-2)10-19-20-17(22)12-5-3-7-14(9-12)21(25)26/h3-11H,1-2H3,(H,20,22)(H,23,24)/b19-10-/t11-/m1/s1. The fraction of sp³-hybridized carbons (Fsp3) is 0.167. The van der Waals surface area contributed by atoms with Gasteiger partial charge in [-0.1, -0.05) is 12.1 Å². The molecule has 0 aliphatic heterocycles. The van der Waals surface area contributed by atoms with Crippen LogP contribution in [0.15, 0.2) is 47.6 Å². The number of amides is 1. The Morgan fingerprint density at radius 2 is 2.00 bits per heavy atom. The zero-order valence-corrected chi connectivity index (χ0v) is 15.0. The number of hydrazone groups is 1. The molecule has 146 valence electrons. The third kappa shape index (κ3) is 5.04. The number of hydrogen-bond donors (Lipinski definition) is 2. The molecule has 0 bridgehead atoms. The third-order valence-corrected chi connectivity index (χ3v) is 3.56. The Morgan fingerprint density at radius 3 is 2.64 bits per heavy atom. The Bertz CT molecular complexity index is 927. The van der Waals surface area contributed by atoms with E-state index in [0.717, 1.165) is 6.07 Å². The molecule has 0 fully saturated rings. The summed E-state index contributed by atoms with van der Waals surface area (Å²) in [5, 5.41) is 23.6. The summed E-state index contributed by atoms with van der Waals surface area (Å²) in [4.78, 5) is 33.3. The van der Waals surface area contributed by atoms with Crippen LogP contribution in [0.4, 0.5) is 5.69 Å². The number of nitro benzene ring substituents is 1. The molecular formula is C18H17N3O7. The topological polar surface area (TPSA) is 140 Å². The summed E-state index contributed by atoms with van der Waals surface area (Å²) < 4.78 is 10.6. The predicted molar refractivity (Wildman–Crippen MR) is 98.9 cm³/mol. The van der Waals surface area contributed by atoms with Crippen LogP contribution in [0, 0.1) is 10.1 Å². The van der Waals surface area contributed by atoms with Gasteiger partial charge >= 0.3 is 5.97 Å². The van der Waals surface area contributed by atoms with Gasteiger partial charge in [0.2, 0.25) is 0 Å². The Hall–Kier alpha value is -3.95. The van der Waals surface area contributed by atoms with E-state index < -0.39 is 22.9 Å². The molecule has 0 aromatic heterocycles. The molecule has 0 unspecified atom stereocenters. The first kappa shape index (κ1) is 20.4. The van der Waals surface area contributed by atoms with Crippen LogP contribution in [0.1, 0.15) is 22.8 Å². The van der Waals surface area contributed by atoms with Gasteiger partial charge in [0.1, 0.15) is 0 Å². The number of carboxylic acids is 1. The van der Waals surface area contributed by atoms with E-state index in [1.54, 1.807) is 18.2 Å². The van der Waals surface area contributed by atoms with E-state index in [1.165, 1.54) is 38.4 Å². The average Bonchev–Trinajstić information content (AvgIpc) is 2.68. The zero-order valence-electron chi connectivity index (χ0n) is 15.0. The highest BCUT2D eigenvalue weighted by atomic mass is 16.6. The second-order valence-electron chi connectivity index (χ2n) is 5.48. The van der Waals surface area contributed by atoms with E-state index in [4.69, 9.17) is 14.6 Å². The molecule has 10 heteroatoms. The molecule has 2 rings (SSSR count). The lowest BCUT2D eigenvalue weighted by molar-refractivity contribution is -0.384. The summed E-state index contributed by atoms with van der Waals surface area (Å²) in [5.74, 6) is -1.37. The number of ether oxygens (including phenoxy) is 2. The number of benzene rings is 2. The highest BCUT2D eigenvalue weighted by molar-refractivity contribution is 5.95. The molecule has 0 radical (unpaired) electrons. The van der Waals surface area contributed by atoms with Gasteiger partial charge in [-0.05, 0) is 25.1 Å². The van der Waals surface area contributed by atoms with Gasteiger partial charge in [-0.25, -0.2) is 10.2 Å². The number of carbonyl (C=O) groups is 2. The van der Waals surface area contributed by atoms with Crippen molar-refractivity contribution in [1.82, 2.24) is 5.43 Å². The monoisotopic (exact) mass is 387 g/mol. The number of carbonyl (C=O) groups excluding carboxylic acids is 1. The van der Waals surface area contributed by atoms with Gasteiger partial charge in [-0.3, -0.25) is 14.9 Å². The largest absolute Gasteiger partial charge is 0.493 e. The number of methoxy groups -OCH3 is 1. The summed E-state index contributed by atoms with van der Waals surface area (Å²) >= 11 is 0. The van der Waals surface area contributed by atoms with Crippen molar-refractivity contribution in [2.24, 2.45) is 5.10 Å². The lowest BCUT2D eigenvalue weighted by Gasteiger charge is -2.15. The van der Waals surface area contributed by atoms with Crippen LogP contribution >= 0.6 is 0 Å². The molecule has 0 saturated heterocycles. The highest BCUT2D eigenvalue weighted by Crippen LogP contribution is 2.31. The summed E-state index contributed by atoms with van der Waals surface area (Å²) in [7, 11) is 1.40. The molecule has 2 aromatic carbocycles. The number of nitro groups is 1. The van der Waals surface area contributed by atoms with Crippen LogP contribution in [0.5, 0.6) is 11.5 Å². The maximum atomic E-state index is 12.1. The number of hydrogen-bond acceptors (Lipinski definition) is 7. The van der Waals surface area contributed by atoms with Crippen molar-refractivity contribution in [3.05, 3.63) is 63.7 Å². The number of non-ortho nitro benzene ring substituents is 1. The number of rotatable bonds is 8. The third-order valence-electron chi connectivity index (χ3n) is 3.56. The summed E-state index contributed by atoms with van der Waals surface area (Å²) in [6.07, 6.45) is 0.115. The van der Waals surface area contributed by atoms with Crippen LogP contribution in [0.3, 0.4) is 0 Å². The maximum absolute atomic E-state index is 12.1. The van der Waals surface area contributed by atoms with Crippen LogP contribution in [-0.2, 0) is 4.79 Å². The van der Waals surface area contributed by atoms with Crippen molar-refractivity contribution >= 4 is 23.8 Å². The second kappa shape index (κ2) is 9.12. The molecular weight excluding hydrogens is 370 g/mol. The fourth-order valence-electron chi connectivity index (χ4n) is 2.13. The number of aliphatic carboxylic acids is 1. The molecule has 1 atom stereocenters. The van der Waals surface area contributed by atoms with Gasteiger partial charge in [0.25, 0.3) is 11.6 Å². The average molecular weight is 387 g/mol. The Labute approximate surface area is 159 Å². The van der Waals surface area contributed by atoms with Gasteiger partial charge in [0.15, 0.2) is 17.6 Å². The summed E-state index contributed by atoms with van der Waals surface area (Å²) in [5.41, 5.74) is 2.46. The summed E-state index contributed by atoms with van der Waals surface area (Å²) in [6, 6.07) is 10.0. The molecule has 0 saturated carbocycles. The van der Waals surface area contributed by atoms with E-state index in [-0.39, 0.29) is 17.0 Å². The maximum Gasteiger partial charge on any atom is 0.344 e. The van der Waals surface area contributed by atoms with Crippen molar-refractivity contribution in [3.8, 4) is 11.5 Å². The molecule has 10 nitrogen and oxygen atoms in total. The minimum Gasteiger partial charge on any atom is -0.493 e. The lowest BCUT2D eigenvalue weighted by atomic mass is 10.2. The van der Waals surface area contributed by atoms with Crippen LogP contribution in [0.2, 0.25) is 0 Å². The number of carboxylic acid groups (broad SMARTS) is 1. The zero-order chi connectivity index (χ0) is 20.7. The van der Waals surface area contributed by atoms with Crippen molar-refractivity contribution in [3.63, 3.8) is 0 Å². The normalized spacial score (nSPS) is 11.6. The molecule has 1 amide bonds. The fourth-order valence-corrected chi connectivity index (χ4v) is 2.13. The quantitative estimate of drug-likeness (QED) is 0.402. The van der Waals surface area contributed by atoms with Gasteiger partial charge in [0.05, 0.1) is 18.2 Å².